The van der Waals surface area contributed by atoms with E-state index in [1.807, 2.05) is 13.8 Å². The summed E-state index contributed by atoms with van der Waals surface area (Å²) in [4.78, 5) is 15.8. The molecular weight excluding hydrogens is 425 g/mol. The normalized spacial score (nSPS) is 13.8. The van der Waals surface area contributed by atoms with Crippen LogP contribution in [0, 0.1) is 5.82 Å². The number of aliphatic carboxylic acids is 1. The van der Waals surface area contributed by atoms with Crippen LogP contribution in [0.25, 0.3) is 17.2 Å². The van der Waals surface area contributed by atoms with Gasteiger partial charge in [0, 0.05) is 30.4 Å². The van der Waals surface area contributed by atoms with Crippen LogP contribution in [0.2, 0.25) is 0 Å². The number of nitrogens with zero attached hydrogens (tertiary/aromatic N) is 1. The van der Waals surface area contributed by atoms with Crippen LogP contribution < -0.4 is 0 Å². The van der Waals surface area contributed by atoms with Crippen molar-refractivity contribution in [3.05, 3.63) is 58.7 Å². The Morgan fingerprint density at radius 1 is 1.09 bits per heavy atom. The molecule has 0 amide bonds. The Morgan fingerprint density at radius 3 is 2.21 bits per heavy atom. The van der Waals surface area contributed by atoms with Crippen molar-refractivity contribution in [2.24, 2.45) is 0 Å². The van der Waals surface area contributed by atoms with E-state index in [0.717, 1.165) is 33.6 Å². The molecule has 0 bridgehead atoms. The van der Waals surface area contributed by atoms with Crippen molar-refractivity contribution in [1.29, 1.82) is 0 Å². The lowest BCUT2D eigenvalue weighted by molar-refractivity contribution is -0.139. The van der Waals surface area contributed by atoms with E-state index < -0.39 is 24.6 Å². The highest BCUT2D eigenvalue weighted by atomic mass is 19.1. The highest BCUT2D eigenvalue weighted by molar-refractivity contribution is 5.80. The highest BCUT2D eigenvalue weighted by Crippen LogP contribution is 2.37. The van der Waals surface area contributed by atoms with Crippen LogP contribution in [0.3, 0.4) is 0 Å². The smallest absolute Gasteiger partial charge is 0.305 e. The molecule has 1 aromatic carbocycles. The molecule has 6 nitrogen and oxygen atoms in total. The Hall–Kier alpha value is -2.61. The van der Waals surface area contributed by atoms with Crippen LogP contribution in [0.15, 0.2) is 30.3 Å². The molecule has 0 radical (unpaired) electrons. The number of benzene rings is 1. The first-order valence-electron chi connectivity index (χ1n) is 11.1. The maximum atomic E-state index is 13.7. The Balaban J connectivity index is 2.69. The largest absolute Gasteiger partial charge is 0.481 e. The van der Waals surface area contributed by atoms with Gasteiger partial charge in [-0.1, -0.05) is 52.0 Å². The molecule has 0 aliphatic carbocycles. The summed E-state index contributed by atoms with van der Waals surface area (Å²) in [6.07, 6.45) is 0.541. The first kappa shape index (κ1) is 26.6. The van der Waals surface area contributed by atoms with Crippen molar-refractivity contribution in [3.63, 3.8) is 0 Å². The van der Waals surface area contributed by atoms with Crippen molar-refractivity contribution in [1.82, 2.24) is 4.98 Å². The van der Waals surface area contributed by atoms with Gasteiger partial charge in [-0.2, -0.15) is 0 Å². The lowest BCUT2D eigenvalue weighted by Gasteiger charge is -2.23. The molecule has 0 saturated heterocycles. The fourth-order valence-corrected chi connectivity index (χ4v) is 3.85. The quantitative estimate of drug-likeness (QED) is 0.443. The second kappa shape index (κ2) is 12.0. The third-order valence-corrected chi connectivity index (χ3v) is 5.32. The van der Waals surface area contributed by atoms with Gasteiger partial charge in [-0.3, -0.25) is 9.78 Å². The summed E-state index contributed by atoms with van der Waals surface area (Å²) >= 11 is 0. The Kier molecular flexibility index (Phi) is 9.70. The molecule has 0 saturated carbocycles. The molecule has 0 spiro atoms. The molecule has 2 atom stereocenters. The van der Waals surface area contributed by atoms with E-state index in [1.165, 1.54) is 18.2 Å². The molecule has 3 N–H and O–H groups in total. The summed E-state index contributed by atoms with van der Waals surface area (Å²) in [6.45, 7) is 8.49. The lowest BCUT2D eigenvalue weighted by atomic mass is 9.87. The number of carboxylic acids is 1. The van der Waals surface area contributed by atoms with E-state index >= 15 is 0 Å². The topological polar surface area (TPSA) is 99.9 Å². The first-order valence-corrected chi connectivity index (χ1v) is 11.1. The van der Waals surface area contributed by atoms with Crippen molar-refractivity contribution >= 4 is 12.0 Å². The number of carboxylic acid groups (broad SMARTS) is 1. The van der Waals surface area contributed by atoms with Crippen LogP contribution in [0.4, 0.5) is 4.39 Å². The van der Waals surface area contributed by atoms with Crippen molar-refractivity contribution in [2.45, 2.75) is 71.2 Å². The minimum absolute atomic E-state index is 0.0627. The Bertz CT molecular complexity index is 970. The summed E-state index contributed by atoms with van der Waals surface area (Å²) < 4.78 is 19.2. The number of methoxy groups -OCH3 is 1. The zero-order chi connectivity index (χ0) is 24.7. The van der Waals surface area contributed by atoms with E-state index in [-0.39, 0.29) is 24.1 Å². The molecule has 2 aromatic rings. The number of ether oxygens (including phenoxy) is 1. The maximum Gasteiger partial charge on any atom is 0.305 e. The fraction of sp³-hybridized carbons (Fsp3) is 0.462. The molecule has 1 heterocycles. The van der Waals surface area contributed by atoms with Gasteiger partial charge in [-0.25, -0.2) is 4.39 Å². The molecule has 0 fully saturated rings. The SMILES string of the molecule is COCc1c(C(C)C)nc(C(C)C)c(/C=C\[C@H](O)C[C@@H](O)CC(=O)O)c1-c1ccc(F)cc1. The molecule has 33 heavy (non-hydrogen) atoms. The van der Waals surface area contributed by atoms with Gasteiger partial charge in [-0.15, -0.1) is 0 Å². The van der Waals surface area contributed by atoms with E-state index in [9.17, 15) is 19.4 Å². The van der Waals surface area contributed by atoms with Crippen LogP contribution in [-0.2, 0) is 16.1 Å². The van der Waals surface area contributed by atoms with Gasteiger partial charge in [-0.05, 0) is 35.1 Å². The number of hydrogen-bond donors (Lipinski definition) is 3. The van der Waals surface area contributed by atoms with Gasteiger partial charge in [0.2, 0.25) is 0 Å². The number of hydrogen-bond acceptors (Lipinski definition) is 5. The van der Waals surface area contributed by atoms with Crippen LogP contribution in [-0.4, -0.2) is 45.6 Å². The van der Waals surface area contributed by atoms with Gasteiger partial charge in [0.1, 0.15) is 5.82 Å². The van der Waals surface area contributed by atoms with E-state index in [2.05, 4.69) is 13.8 Å². The standard InChI is InChI=1S/C26H34FNO5/c1-15(2)25-21(11-10-19(29)12-20(30)13-23(31)32)24(17-6-8-18(27)9-7-17)22(14-33-5)26(28-25)16(3)4/h6-11,15-16,19-20,29-30H,12-14H2,1-5H3,(H,31,32)/b11-10-/t19-,20+/m0/s1. The van der Waals surface area contributed by atoms with Gasteiger partial charge in [0.05, 0.1) is 30.9 Å². The van der Waals surface area contributed by atoms with Crippen LogP contribution in [0.1, 0.15) is 74.9 Å². The molecule has 0 aliphatic heterocycles. The zero-order valence-corrected chi connectivity index (χ0v) is 19.9. The summed E-state index contributed by atoms with van der Waals surface area (Å²) in [7, 11) is 1.61. The van der Waals surface area contributed by atoms with Crippen LogP contribution >= 0.6 is 0 Å². The molecule has 7 heteroatoms. The number of halogens is 1. The van der Waals surface area contributed by atoms with Gasteiger partial charge in [0.25, 0.3) is 0 Å². The molecule has 1 aromatic heterocycles. The van der Waals surface area contributed by atoms with E-state index in [0.29, 0.717) is 6.61 Å². The van der Waals surface area contributed by atoms with Gasteiger partial charge >= 0.3 is 5.97 Å². The molecular formula is C26H34FNO5. The van der Waals surface area contributed by atoms with Gasteiger partial charge in [0.15, 0.2) is 0 Å². The monoisotopic (exact) mass is 459 g/mol. The van der Waals surface area contributed by atoms with Crippen molar-refractivity contribution in [3.8, 4) is 11.1 Å². The van der Waals surface area contributed by atoms with E-state index in [1.54, 1.807) is 25.3 Å². The third kappa shape index (κ3) is 7.19. The molecule has 180 valence electrons. The minimum Gasteiger partial charge on any atom is -0.481 e. The molecule has 0 unspecified atom stereocenters. The molecule has 2 rings (SSSR count). The predicted molar refractivity (Wildman–Crippen MR) is 126 cm³/mol. The number of aromatic nitrogens is 1. The lowest BCUT2D eigenvalue weighted by Crippen LogP contribution is -2.19. The number of carbonyl (C=O) groups is 1. The van der Waals surface area contributed by atoms with Crippen molar-refractivity contribution < 1.29 is 29.2 Å². The third-order valence-electron chi connectivity index (χ3n) is 5.32. The Labute approximate surface area is 194 Å². The molecule has 0 aliphatic rings. The number of pyridine rings is 1. The van der Waals surface area contributed by atoms with E-state index in [4.69, 9.17) is 14.8 Å². The second-order valence-corrected chi connectivity index (χ2v) is 8.81. The zero-order valence-electron chi connectivity index (χ0n) is 19.9. The van der Waals surface area contributed by atoms with Gasteiger partial charge < -0.3 is 20.1 Å². The van der Waals surface area contributed by atoms with Crippen LogP contribution in [0.5, 0.6) is 0 Å². The highest BCUT2D eigenvalue weighted by Gasteiger charge is 2.23. The maximum absolute atomic E-state index is 13.7. The summed E-state index contributed by atoms with van der Waals surface area (Å²) in [5, 5.41) is 29.1. The van der Waals surface area contributed by atoms with Crippen molar-refractivity contribution in [2.75, 3.05) is 7.11 Å². The second-order valence-electron chi connectivity index (χ2n) is 8.81. The fourth-order valence-electron chi connectivity index (χ4n) is 3.85. The number of rotatable bonds is 11. The first-order chi connectivity index (χ1) is 15.5. The number of aliphatic hydroxyl groups is 2. The number of aliphatic hydroxyl groups excluding tert-OH is 2. The summed E-state index contributed by atoms with van der Waals surface area (Å²) in [5.74, 6) is -1.28. The predicted octanol–water partition coefficient (Wildman–Crippen LogP) is 4.88. The Morgan fingerprint density at radius 2 is 1.70 bits per heavy atom. The average Bonchev–Trinajstić information content (AvgIpc) is 2.72. The minimum atomic E-state index is -1.16. The summed E-state index contributed by atoms with van der Waals surface area (Å²) in [5.41, 5.74) is 5.05. The summed E-state index contributed by atoms with van der Waals surface area (Å²) in [6, 6.07) is 6.23. The average molecular weight is 460 g/mol.